The first kappa shape index (κ1) is 13.9. The zero-order chi connectivity index (χ0) is 12.0. The number of aliphatic hydroxyl groups excluding tert-OH is 1. The molecule has 0 amide bonds. The number of nitrogens with zero attached hydrogens (tertiary/aromatic N) is 1. The number of hydrogen-bond donors (Lipinski definition) is 2. The molecular weight excluding hydrogens is 200 g/mol. The molecule has 1 rings (SSSR count). The minimum absolute atomic E-state index is 0.268. The lowest BCUT2D eigenvalue weighted by molar-refractivity contribution is 0.0859. The number of likely N-dealkylation sites (tertiary alicyclic amines) is 1. The van der Waals surface area contributed by atoms with Gasteiger partial charge < -0.3 is 10.8 Å². The highest BCUT2D eigenvalue weighted by Gasteiger charge is 2.22. The van der Waals surface area contributed by atoms with Crippen LogP contribution in [-0.2, 0) is 0 Å². The normalized spacial score (nSPS) is 23.6. The van der Waals surface area contributed by atoms with E-state index in [9.17, 15) is 5.11 Å². The van der Waals surface area contributed by atoms with Gasteiger partial charge in [0.05, 0.1) is 6.61 Å². The molecule has 0 saturated carbocycles. The quantitative estimate of drug-likeness (QED) is 0.726. The molecule has 0 aromatic heterocycles. The first-order chi connectivity index (χ1) is 7.59. The third-order valence-electron chi connectivity index (χ3n) is 3.81. The van der Waals surface area contributed by atoms with E-state index in [4.69, 9.17) is 5.73 Å². The molecule has 0 aliphatic carbocycles. The van der Waals surface area contributed by atoms with Gasteiger partial charge in [0.2, 0.25) is 0 Å². The van der Waals surface area contributed by atoms with Crippen molar-refractivity contribution in [3.05, 3.63) is 0 Å². The van der Waals surface area contributed by atoms with E-state index in [0.29, 0.717) is 12.6 Å². The molecule has 0 aromatic carbocycles. The predicted octanol–water partition coefficient (Wildman–Crippen LogP) is 1.60. The lowest BCUT2D eigenvalue weighted by Gasteiger charge is -2.35. The molecule has 1 aliphatic heterocycles. The summed E-state index contributed by atoms with van der Waals surface area (Å²) in [5.41, 5.74) is 5.99. The molecule has 1 atom stereocenters. The molecule has 0 spiro atoms. The molecule has 1 saturated heterocycles. The third kappa shape index (κ3) is 4.40. The Morgan fingerprint density at radius 3 is 2.75 bits per heavy atom. The van der Waals surface area contributed by atoms with Crippen LogP contribution in [0.1, 0.15) is 46.0 Å². The summed E-state index contributed by atoms with van der Waals surface area (Å²) < 4.78 is 0. The van der Waals surface area contributed by atoms with Crippen LogP contribution in [0.5, 0.6) is 0 Å². The molecule has 0 radical (unpaired) electrons. The average Bonchev–Trinajstić information content (AvgIpc) is 2.29. The van der Waals surface area contributed by atoms with Gasteiger partial charge in [0.1, 0.15) is 0 Å². The van der Waals surface area contributed by atoms with Crippen LogP contribution in [0.2, 0.25) is 0 Å². The molecule has 3 N–H and O–H groups in total. The summed E-state index contributed by atoms with van der Waals surface area (Å²) in [6.45, 7) is 7.82. The summed E-state index contributed by atoms with van der Waals surface area (Å²) in [6, 6.07) is 0.412. The van der Waals surface area contributed by atoms with Crippen molar-refractivity contribution in [3.8, 4) is 0 Å². The smallest absolute Gasteiger partial charge is 0.0586 e. The monoisotopic (exact) mass is 228 g/mol. The van der Waals surface area contributed by atoms with Crippen LogP contribution in [-0.4, -0.2) is 42.3 Å². The second-order valence-electron chi connectivity index (χ2n) is 5.84. The van der Waals surface area contributed by atoms with Gasteiger partial charge in [0, 0.05) is 6.04 Å². The Morgan fingerprint density at radius 1 is 1.38 bits per heavy atom. The summed E-state index contributed by atoms with van der Waals surface area (Å²) >= 11 is 0. The Kier molecular flexibility index (Phi) is 5.73. The van der Waals surface area contributed by atoms with Gasteiger partial charge in [-0.15, -0.1) is 0 Å². The highest BCUT2D eigenvalue weighted by Crippen LogP contribution is 2.22. The zero-order valence-electron chi connectivity index (χ0n) is 10.9. The first-order valence-corrected chi connectivity index (χ1v) is 6.64. The number of rotatable bonds is 6. The summed E-state index contributed by atoms with van der Waals surface area (Å²) in [7, 11) is 0. The van der Waals surface area contributed by atoms with Crippen LogP contribution >= 0.6 is 0 Å². The van der Waals surface area contributed by atoms with Gasteiger partial charge in [0.25, 0.3) is 0 Å². The summed E-state index contributed by atoms with van der Waals surface area (Å²) in [6.07, 6.45) is 6.10. The highest BCUT2D eigenvalue weighted by atomic mass is 16.3. The van der Waals surface area contributed by atoms with Gasteiger partial charge in [-0.25, -0.2) is 0 Å². The zero-order valence-corrected chi connectivity index (χ0v) is 10.9. The molecule has 1 unspecified atom stereocenters. The van der Waals surface area contributed by atoms with Gasteiger partial charge in [-0.3, -0.25) is 4.90 Å². The van der Waals surface area contributed by atoms with Crippen molar-refractivity contribution in [2.45, 2.75) is 52.0 Å². The maximum Gasteiger partial charge on any atom is 0.0586 e. The lowest BCUT2D eigenvalue weighted by Crippen LogP contribution is -2.42. The Balaban J connectivity index is 2.25. The number of hydrogen-bond acceptors (Lipinski definition) is 3. The third-order valence-corrected chi connectivity index (χ3v) is 3.81. The van der Waals surface area contributed by atoms with E-state index in [2.05, 4.69) is 18.7 Å². The fraction of sp³-hybridized carbons (Fsp3) is 1.00. The minimum atomic E-state index is 0.268. The van der Waals surface area contributed by atoms with E-state index >= 15 is 0 Å². The van der Waals surface area contributed by atoms with Crippen molar-refractivity contribution in [2.24, 2.45) is 11.1 Å². The van der Waals surface area contributed by atoms with Crippen molar-refractivity contribution in [2.75, 3.05) is 26.2 Å². The molecule has 1 fully saturated rings. The van der Waals surface area contributed by atoms with Gasteiger partial charge in [-0.05, 0) is 50.7 Å². The van der Waals surface area contributed by atoms with Crippen LogP contribution in [0.3, 0.4) is 0 Å². The van der Waals surface area contributed by atoms with Gasteiger partial charge in [-0.1, -0.05) is 20.3 Å². The molecular formula is C13H28N2O. The topological polar surface area (TPSA) is 49.5 Å². The Hall–Kier alpha value is -0.120. The first-order valence-electron chi connectivity index (χ1n) is 6.64. The van der Waals surface area contributed by atoms with Gasteiger partial charge >= 0.3 is 0 Å². The molecule has 3 nitrogen and oxygen atoms in total. The predicted molar refractivity (Wildman–Crippen MR) is 68.4 cm³/mol. The summed E-state index contributed by atoms with van der Waals surface area (Å²) in [5, 5.41) is 9.31. The molecule has 3 heteroatoms. The largest absolute Gasteiger partial charge is 0.395 e. The Labute approximate surface area is 100 Å². The number of aliphatic hydroxyl groups is 1. The average molecular weight is 228 g/mol. The van der Waals surface area contributed by atoms with Gasteiger partial charge in [0.15, 0.2) is 0 Å². The standard InChI is InChI=1S/C13H28N2O/c1-13(2,11-14)7-5-9-15-8-4-3-6-12(15)10-16/h12,16H,3-11,14H2,1-2H3. The fourth-order valence-electron chi connectivity index (χ4n) is 2.42. The highest BCUT2D eigenvalue weighted by molar-refractivity contribution is 4.77. The van der Waals surface area contributed by atoms with Crippen LogP contribution in [0.4, 0.5) is 0 Å². The molecule has 0 aromatic rings. The number of nitrogens with two attached hydrogens (primary N) is 1. The molecule has 96 valence electrons. The lowest BCUT2D eigenvalue weighted by atomic mass is 9.88. The summed E-state index contributed by atoms with van der Waals surface area (Å²) in [4.78, 5) is 2.45. The van der Waals surface area contributed by atoms with E-state index in [-0.39, 0.29) is 5.41 Å². The van der Waals surface area contributed by atoms with Crippen molar-refractivity contribution in [3.63, 3.8) is 0 Å². The minimum Gasteiger partial charge on any atom is -0.395 e. The SMILES string of the molecule is CC(C)(CN)CCCN1CCCCC1CO. The van der Waals surface area contributed by atoms with Crippen molar-refractivity contribution >= 4 is 0 Å². The van der Waals surface area contributed by atoms with E-state index in [1.807, 2.05) is 0 Å². The van der Waals surface area contributed by atoms with Crippen molar-refractivity contribution in [1.29, 1.82) is 0 Å². The van der Waals surface area contributed by atoms with Crippen LogP contribution in [0, 0.1) is 5.41 Å². The maximum atomic E-state index is 9.31. The van der Waals surface area contributed by atoms with Crippen LogP contribution < -0.4 is 5.73 Å². The van der Waals surface area contributed by atoms with E-state index in [1.54, 1.807) is 0 Å². The van der Waals surface area contributed by atoms with Crippen molar-refractivity contribution < 1.29 is 5.11 Å². The van der Waals surface area contributed by atoms with E-state index < -0.39 is 0 Å². The Morgan fingerprint density at radius 2 is 2.12 bits per heavy atom. The van der Waals surface area contributed by atoms with Crippen molar-refractivity contribution in [1.82, 2.24) is 4.90 Å². The molecule has 1 aliphatic rings. The van der Waals surface area contributed by atoms with Crippen LogP contribution in [0.25, 0.3) is 0 Å². The van der Waals surface area contributed by atoms with E-state index in [1.165, 1.54) is 25.7 Å². The molecule has 1 heterocycles. The van der Waals surface area contributed by atoms with Crippen LogP contribution in [0.15, 0.2) is 0 Å². The molecule has 16 heavy (non-hydrogen) atoms. The number of piperidine rings is 1. The second kappa shape index (κ2) is 6.58. The molecule has 0 bridgehead atoms. The Bertz CT molecular complexity index is 194. The summed E-state index contributed by atoms with van der Waals surface area (Å²) in [5.74, 6) is 0. The van der Waals surface area contributed by atoms with E-state index in [0.717, 1.165) is 26.1 Å². The maximum absolute atomic E-state index is 9.31. The second-order valence-corrected chi connectivity index (χ2v) is 5.84. The van der Waals surface area contributed by atoms with Gasteiger partial charge in [-0.2, -0.15) is 0 Å². The fourth-order valence-corrected chi connectivity index (χ4v) is 2.42.